The summed E-state index contributed by atoms with van der Waals surface area (Å²) in [6.07, 6.45) is -0.163. The predicted molar refractivity (Wildman–Crippen MR) is 89.1 cm³/mol. The van der Waals surface area contributed by atoms with Crippen molar-refractivity contribution in [2.24, 2.45) is 0 Å². The third-order valence-corrected chi connectivity index (χ3v) is 3.66. The van der Waals surface area contributed by atoms with Crippen LogP contribution in [0.3, 0.4) is 0 Å². The number of urea groups is 1. The van der Waals surface area contributed by atoms with Gasteiger partial charge in [-0.05, 0) is 36.6 Å². The maximum atomic E-state index is 12.0. The van der Waals surface area contributed by atoms with Crippen LogP contribution in [0.5, 0.6) is 0 Å². The van der Waals surface area contributed by atoms with Gasteiger partial charge in [-0.2, -0.15) is 0 Å². The summed E-state index contributed by atoms with van der Waals surface area (Å²) in [6.45, 7) is 4.41. The summed E-state index contributed by atoms with van der Waals surface area (Å²) in [7, 11) is 1.65. The first-order valence-corrected chi connectivity index (χ1v) is 7.30. The van der Waals surface area contributed by atoms with Crippen LogP contribution in [0.2, 0.25) is 0 Å². The minimum Gasteiger partial charge on any atom is -0.375 e. The SMILES string of the molecule is CO[C@H](CNC(=O)Nc1ccccc1C)c1ccccc1C. The number of benzene rings is 2. The number of nitrogens with one attached hydrogen (secondary N) is 2. The third kappa shape index (κ3) is 4.09. The van der Waals surface area contributed by atoms with Crippen molar-refractivity contribution in [3.05, 3.63) is 65.2 Å². The molecule has 0 aliphatic carbocycles. The summed E-state index contributed by atoms with van der Waals surface area (Å²) in [6, 6.07) is 15.5. The second-order valence-electron chi connectivity index (χ2n) is 5.23. The maximum absolute atomic E-state index is 12.0. The Hall–Kier alpha value is -2.33. The fourth-order valence-corrected chi connectivity index (χ4v) is 2.33. The van der Waals surface area contributed by atoms with Gasteiger partial charge in [0.15, 0.2) is 0 Å². The molecule has 0 fully saturated rings. The van der Waals surface area contributed by atoms with Gasteiger partial charge in [0.1, 0.15) is 0 Å². The predicted octanol–water partition coefficient (Wildman–Crippen LogP) is 3.81. The lowest BCUT2D eigenvalue weighted by Gasteiger charge is -2.19. The van der Waals surface area contributed by atoms with Crippen LogP contribution >= 0.6 is 0 Å². The van der Waals surface area contributed by atoms with E-state index in [-0.39, 0.29) is 12.1 Å². The Kier molecular flexibility index (Phi) is 5.55. The normalized spacial score (nSPS) is 11.8. The summed E-state index contributed by atoms with van der Waals surface area (Å²) in [5.41, 5.74) is 4.07. The first kappa shape index (κ1) is 16.0. The monoisotopic (exact) mass is 298 g/mol. The smallest absolute Gasteiger partial charge is 0.319 e. The molecule has 2 rings (SSSR count). The number of anilines is 1. The van der Waals surface area contributed by atoms with Crippen LogP contribution < -0.4 is 10.6 Å². The highest BCUT2D eigenvalue weighted by Crippen LogP contribution is 2.19. The van der Waals surface area contributed by atoms with Crippen molar-refractivity contribution in [1.82, 2.24) is 5.32 Å². The molecule has 0 aromatic heterocycles. The molecule has 0 radical (unpaired) electrons. The number of methoxy groups -OCH3 is 1. The highest BCUT2D eigenvalue weighted by Gasteiger charge is 2.14. The number of para-hydroxylation sites is 1. The van der Waals surface area contributed by atoms with Gasteiger partial charge < -0.3 is 15.4 Å². The van der Waals surface area contributed by atoms with Crippen molar-refractivity contribution in [2.45, 2.75) is 20.0 Å². The Labute approximate surface area is 131 Å². The van der Waals surface area contributed by atoms with Gasteiger partial charge in [0, 0.05) is 19.3 Å². The number of ether oxygens (including phenoxy) is 1. The molecule has 116 valence electrons. The molecule has 0 heterocycles. The Morgan fingerprint density at radius 2 is 1.68 bits per heavy atom. The van der Waals surface area contributed by atoms with Crippen molar-refractivity contribution in [3.8, 4) is 0 Å². The van der Waals surface area contributed by atoms with E-state index in [0.29, 0.717) is 6.54 Å². The van der Waals surface area contributed by atoms with E-state index in [4.69, 9.17) is 4.74 Å². The van der Waals surface area contributed by atoms with E-state index in [0.717, 1.165) is 22.4 Å². The van der Waals surface area contributed by atoms with Gasteiger partial charge in [-0.3, -0.25) is 0 Å². The van der Waals surface area contributed by atoms with Crippen molar-refractivity contribution >= 4 is 11.7 Å². The number of rotatable bonds is 5. The molecule has 0 saturated heterocycles. The van der Waals surface area contributed by atoms with Gasteiger partial charge >= 0.3 is 6.03 Å². The molecule has 2 aromatic rings. The van der Waals surface area contributed by atoms with Crippen molar-refractivity contribution in [1.29, 1.82) is 0 Å². The molecular weight excluding hydrogens is 276 g/mol. The lowest BCUT2D eigenvalue weighted by Crippen LogP contribution is -2.33. The number of carbonyl (C=O) groups excluding carboxylic acids is 1. The summed E-state index contributed by atoms with van der Waals surface area (Å²) in [5.74, 6) is 0. The standard InChI is InChI=1S/C18H22N2O2/c1-13-8-4-6-10-15(13)17(22-3)12-19-18(21)20-16-11-7-5-9-14(16)2/h4-11,17H,12H2,1-3H3,(H2,19,20,21)/t17-/m1/s1. The van der Waals surface area contributed by atoms with Gasteiger partial charge in [0.2, 0.25) is 0 Å². The average molecular weight is 298 g/mol. The van der Waals surface area contributed by atoms with Crippen molar-refractivity contribution in [3.63, 3.8) is 0 Å². The molecule has 2 N–H and O–H groups in total. The number of hydrogen-bond acceptors (Lipinski definition) is 2. The molecule has 0 saturated carbocycles. The molecular formula is C18H22N2O2. The van der Waals surface area contributed by atoms with E-state index in [2.05, 4.69) is 10.6 Å². The number of aryl methyl sites for hydroxylation is 2. The first-order valence-electron chi connectivity index (χ1n) is 7.30. The minimum atomic E-state index is -0.232. The topological polar surface area (TPSA) is 50.4 Å². The molecule has 0 bridgehead atoms. The quantitative estimate of drug-likeness (QED) is 0.882. The van der Waals surface area contributed by atoms with Crippen LogP contribution in [-0.4, -0.2) is 19.7 Å². The van der Waals surface area contributed by atoms with E-state index in [1.165, 1.54) is 0 Å². The van der Waals surface area contributed by atoms with Gasteiger partial charge in [-0.1, -0.05) is 42.5 Å². The van der Waals surface area contributed by atoms with Crippen LogP contribution in [0.25, 0.3) is 0 Å². The van der Waals surface area contributed by atoms with E-state index >= 15 is 0 Å². The molecule has 0 unspecified atom stereocenters. The zero-order chi connectivity index (χ0) is 15.9. The van der Waals surface area contributed by atoms with Crippen molar-refractivity contribution < 1.29 is 9.53 Å². The lowest BCUT2D eigenvalue weighted by atomic mass is 10.0. The van der Waals surface area contributed by atoms with Crippen molar-refractivity contribution in [2.75, 3.05) is 19.0 Å². The molecule has 0 spiro atoms. The fourth-order valence-electron chi connectivity index (χ4n) is 2.33. The third-order valence-electron chi connectivity index (χ3n) is 3.66. The van der Waals surface area contributed by atoms with Gasteiger partial charge in [-0.25, -0.2) is 4.79 Å². The molecule has 2 aromatic carbocycles. The molecule has 1 atom stereocenters. The number of hydrogen-bond donors (Lipinski definition) is 2. The van der Waals surface area contributed by atoms with Crippen LogP contribution in [0, 0.1) is 13.8 Å². The van der Waals surface area contributed by atoms with E-state index in [9.17, 15) is 4.79 Å². The second kappa shape index (κ2) is 7.61. The molecule has 22 heavy (non-hydrogen) atoms. The number of carbonyl (C=O) groups is 1. The van der Waals surface area contributed by atoms with Crippen LogP contribution in [0.4, 0.5) is 10.5 Å². The van der Waals surface area contributed by atoms with E-state index in [1.807, 2.05) is 62.4 Å². The van der Waals surface area contributed by atoms with Crippen LogP contribution in [0.1, 0.15) is 22.8 Å². The Morgan fingerprint density at radius 3 is 2.32 bits per heavy atom. The molecule has 0 aliphatic heterocycles. The zero-order valence-electron chi connectivity index (χ0n) is 13.2. The maximum Gasteiger partial charge on any atom is 0.319 e. The minimum absolute atomic E-state index is 0.163. The highest BCUT2D eigenvalue weighted by molar-refractivity contribution is 5.90. The van der Waals surface area contributed by atoms with Crippen LogP contribution in [-0.2, 0) is 4.74 Å². The van der Waals surface area contributed by atoms with Crippen LogP contribution in [0.15, 0.2) is 48.5 Å². The molecule has 0 aliphatic rings. The summed E-state index contributed by atoms with van der Waals surface area (Å²) in [4.78, 5) is 12.0. The largest absolute Gasteiger partial charge is 0.375 e. The second-order valence-corrected chi connectivity index (χ2v) is 5.23. The number of amides is 2. The van der Waals surface area contributed by atoms with Gasteiger partial charge in [0.25, 0.3) is 0 Å². The Bertz CT molecular complexity index is 640. The first-order chi connectivity index (χ1) is 10.6. The van der Waals surface area contributed by atoms with Gasteiger partial charge in [0.05, 0.1) is 6.10 Å². The average Bonchev–Trinajstić information content (AvgIpc) is 2.52. The summed E-state index contributed by atoms with van der Waals surface area (Å²) >= 11 is 0. The van der Waals surface area contributed by atoms with Gasteiger partial charge in [-0.15, -0.1) is 0 Å². The molecule has 4 heteroatoms. The summed E-state index contributed by atoms with van der Waals surface area (Å²) < 4.78 is 5.50. The molecule has 4 nitrogen and oxygen atoms in total. The van der Waals surface area contributed by atoms with E-state index < -0.39 is 0 Å². The Morgan fingerprint density at radius 1 is 1.05 bits per heavy atom. The highest BCUT2D eigenvalue weighted by atomic mass is 16.5. The zero-order valence-corrected chi connectivity index (χ0v) is 13.2. The molecule has 2 amide bonds. The fraction of sp³-hybridized carbons (Fsp3) is 0.278. The van der Waals surface area contributed by atoms with E-state index in [1.54, 1.807) is 7.11 Å². The lowest BCUT2D eigenvalue weighted by molar-refractivity contribution is 0.104. The summed E-state index contributed by atoms with van der Waals surface area (Å²) in [5, 5.41) is 5.71. The Balaban J connectivity index is 1.95.